The molecule has 0 saturated carbocycles. The van der Waals surface area contributed by atoms with Crippen LogP contribution < -0.4 is 4.90 Å². The molecule has 1 aliphatic heterocycles. The number of ether oxygens (including phenoxy) is 1. The number of fused-ring (bicyclic) bond motifs is 1. The zero-order chi connectivity index (χ0) is 15.3. The highest BCUT2D eigenvalue weighted by Gasteiger charge is 2.25. The fourth-order valence-corrected chi connectivity index (χ4v) is 2.41. The lowest BCUT2D eigenvalue weighted by molar-refractivity contribution is -0.116. The summed E-state index contributed by atoms with van der Waals surface area (Å²) in [7, 11) is 1.37. The summed E-state index contributed by atoms with van der Waals surface area (Å²) in [4.78, 5) is 24.9. The van der Waals surface area contributed by atoms with E-state index in [0.717, 1.165) is 24.2 Å². The number of rotatable bonds is 1. The summed E-state index contributed by atoms with van der Waals surface area (Å²) in [6.07, 6.45) is 0.879. The van der Waals surface area contributed by atoms with Crippen molar-refractivity contribution in [3.63, 3.8) is 0 Å². The van der Waals surface area contributed by atoms with Gasteiger partial charge in [0, 0.05) is 19.2 Å². The van der Waals surface area contributed by atoms with Gasteiger partial charge in [0.1, 0.15) is 0 Å². The van der Waals surface area contributed by atoms with Crippen molar-refractivity contribution >= 4 is 17.6 Å². The normalized spacial score (nSPS) is 16.6. The van der Waals surface area contributed by atoms with Gasteiger partial charge in [0.2, 0.25) is 5.91 Å². The summed E-state index contributed by atoms with van der Waals surface area (Å²) >= 11 is 0. The Labute approximate surface area is 120 Å². The van der Waals surface area contributed by atoms with Gasteiger partial charge in [-0.15, -0.1) is 0 Å². The molecule has 0 N–H and O–H groups in total. The van der Waals surface area contributed by atoms with Gasteiger partial charge in [0.25, 0.3) is 0 Å². The predicted molar refractivity (Wildman–Crippen MR) is 80.0 cm³/mol. The van der Waals surface area contributed by atoms with Crippen LogP contribution in [0.25, 0.3) is 0 Å². The summed E-state index contributed by atoms with van der Waals surface area (Å²) in [5.41, 5.74) is 2.48. The second-order valence-electron chi connectivity index (χ2n) is 4.77. The molecule has 1 unspecified atom stereocenters. The number of methoxy groups -OCH3 is 1. The van der Waals surface area contributed by atoms with E-state index in [1.165, 1.54) is 7.11 Å². The van der Waals surface area contributed by atoms with Gasteiger partial charge in [-0.25, -0.2) is 4.79 Å². The van der Waals surface area contributed by atoms with Crippen LogP contribution in [0.4, 0.5) is 5.69 Å². The van der Waals surface area contributed by atoms with Crippen LogP contribution in [0, 0.1) is 5.92 Å². The van der Waals surface area contributed by atoms with Crippen molar-refractivity contribution in [3.05, 3.63) is 29.3 Å². The first-order valence-electron chi connectivity index (χ1n) is 7.02. The third-order valence-electron chi connectivity index (χ3n) is 3.23. The van der Waals surface area contributed by atoms with Crippen molar-refractivity contribution in [1.82, 2.24) is 0 Å². The maximum Gasteiger partial charge on any atom is 0.337 e. The molecule has 1 aromatic carbocycles. The third kappa shape index (κ3) is 3.38. The molecule has 1 amide bonds. The van der Waals surface area contributed by atoms with Crippen LogP contribution in [0.3, 0.4) is 0 Å². The maximum atomic E-state index is 11.6. The molecule has 1 atom stereocenters. The Morgan fingerprint density at radius 1 is 1.30 bits per heavy atom. The Bertz CT molecular complexity index is 496. The number of hydrogen-bond acceptors (Lipinski definition) is 3. The molecule has 0 aromatic heterocycles. The first-order valence-corrected chi connectivity index (χ1v) is 7.02. The van der Waals surface area contributed by atoms with Gasteiger partial charge in [-0.1, -0.05) is 20.8 Å². The summed E-state index contributed by atoms with van der Waals surface area (Å²) in [5.74, 6) is 0.0910. The van der Waals surface area contributed by atoms with Gasteiger partial charge in [0.15, 0.2) is 0 Å². The standard InChI is InChI=1S/C14H17NO3.C2H6/c1-9-6-12-7-11(14(17)18-3)4-5-13(12)15(8-9)10(2)16;1-2/h4-5,7,9H,6,8H2,1-3H3;1-2H3. The molecular weight excluding hydrogens is 254 g/mol. The lowest BCUT2D eigenvalue weighted by Gasteiger charge is -2.32. The molecule has 4 nitrogen and oxygen atoms in total. The molecule has 110 valence electrons. The fourth-order valence-electron chi connectivity index (χ4n) is 2.41. The number of carbonyl (C=O) groups is 2. The van der Waals surface area contributed by atoms with Crippen LogP contribution in [-0.2, 0) is 16.0 Å². The van der Waals surface area contributed by atoms with Crippen molar-refractivity contribution in [2.75, 3.05) is 18.6 Å². The first kappa shape index (κ1) is 16.2. The van der Waals surface area contributed by atoms with Crippen molar-refractivity contribution in [1.29, 1.82) is 0 Å². The minimum absolute atomic E-state index is 0.0358. The van der Waals surface area contributed by atoms with Gasteiger partial charge in [-0.05, 0) is 36.1 Å². The molecular formula is C16H23NO3. The zero-order valence-corrected chi connectivity index (χ0v) is 12.9. The minimum atomic E-state index is -0.342. The van der Waals surface area contributed by atoms with Gasteiger partial charge in [-0.2, -0.15) is 0 Å². The van der Waals surface area contributed by atoms with E-state index >= 15 is 0 Å². The highest BCUT2D eigenvalue weighted by Crippen LogP contribution is 2.30. The second kappa shape index (κ2) is 7.08. The summed E-state index contributed by atoms with van der Waals surface area (Å²) in [6.45, 7) is 8.40. The van der Waals surface area contributed by atoms with Crippen LogP contribution in [0.5, 0.6) is 0 Å². The Balaban J connectivity index is 0.000000956. The topological polar surface area (TPSA) is 46.6 Å². The highest BCUT2D eigenvalue weighted by molar-refractivity contribution is 5.95. The fraction of sp³-hybridized carbons (Fsp3) is 0.500. The molecule has 0 fully saturated rings. The molecule has 0 saturated heterocycles. The average Bonchev–Trinajstić information content (AvgIpc) is 2.46. The first-order chi connectivity index (χ1) is 9.52. The second-order valence-corrected chi connectivity index (χ2v) is 4.77. The van der Waals surface area contributed by atoms with Gasteiger partial charge < -0.3 is 9.64 Å². The quantitative estimate of drug-likeness (QED) is 0.741. The number of benzene rings is 1. The number of esters is 1. The molecule has 0 bridgehead atoms. The monoisotopic (exact) mass is 277 g/mol. The molecule has 2 rings (SSSR count). The molecule has 1 aliphatic rings. The lowest BCUT2D eigenvalue weighted by Crippen LogP contribution is -2.37. The predicted octanol–water partition coefficient (Wildman–Crippen LogP) is 3.04. The van der Waals surface area contributed by atoms with Crippen LogP contribution in [0.15, 0.2) is 18.2 Å². The van der Waals surface area contributed by atoms with Crippen molar-refractivity contribution in [2.45, 2.75) is 34.1 Å². The van der Waals surface area contributed by atoms with Crippen LogP contribution in [0.1, 0.15) is 43.6 Å². The van der Waals surface area contributed by atoms with E-state index < -0.39 is 0 Å². The number of hydrogen-bond donors (Lipinski definition) is 0. The molecule has 4 heteroatoms. The Kier molecular flexibility index (Phi) is 5.74. The van der Waals surface area contributed by atoms with E-state index in [1.807, 2.05) is 26.0 Å². The third-order valence-corrected chi connectivity index (χ3v) is 3.23. The highest BCUT2D eigenvalue weighted by atomic mass is 16.5. The molecule has 0 spiro atoms. The smallest absolute Gasteiger partial charge is 0.337 e. The average molecular weight is 277 g/mol. The van der Waals surface area contributed by atoms with Crippen LogP contribution in [0.2, 0.25) is 0 Å². The number of anilines is 1. The van der Waals surface area contributed by atoms with Crippen molar-refractivity contribution < 1.29 is 14.3 Å². The van der Waals surface area contributed by atoms with Gasteiger partial charge in [0.05, 0.1) is 12.7 Å². The number of nitrogens with zero attached hydrogens (tertiary/aromatic N) is 1. The Morgan fingerprint density at radius 3 is 2.50 bits per heavy atom. The SMILES string of the molecule is CC.COC(=O)c1ccc2c(c1)CC(C)CN2C(C)=O. The Morgan fingerprint density at radius 2 is 1.95 bits per heavy atom. The largest absolute Gasteiger partial charge is 0.465 e. The van der Waals surface area contributed by atoms with E-state index in [4.69, 9.17) is 4.74 Å². The summed E-state index contributed by atoms with van der Waals surface area (Å²) in [6, 6.07) is 5.36. The van der Waals surface area contributed by atoms with E-state index in [0.29, 0.717) is 11.5 Å². The summed E-state index contributed by atoms with van der Waals surface area (Å²) < 4.78 is 4.71. The van der Waals surface area contributed by atoms with Gasteiger partial charge >= 0.3 is 5.97 Å². The van der Waals surface area contributed by atoms with E-state index in [1.54, 1.807) is 17.9 Å². The van der Waals surface area contributed by atoms with Crippen LogP contribution >= 0.6 is 0 Å². The molecule has 1 heterocycles. The van der Waals surface area contributed by atoms with Crippen molar-refractivity contribution in [3.8, 4) is 0 Å². The number of carbonyl (C=O) groups excluding carboxylic acids is 2. The van der Waals surface area contributed by atoms with Crippen molar-refractivity contribution in [2.24, 2.45) is 5.92 Å². The van der Waals surface area contributed by atoms with E-state index in [-0.39, 0.29) is 11.9 Å². The zero-order valence-electron chi connectivity index (χ0n) is 12.9. The van der Waals surface area contributed by atoms with Gasteiger partial charge in [-0.3, -0.25) is 4.79 Å². The molecule has 0 aliphatic carbocycles. The van der Waals surface area contributed by atoms with Crippen LogP contribution in [-0.4, -0.2) is 25.5 Å². The summed E-state index contributed by atoms with van der Waals surface area (Å²) in [5, 5.41) is 0. The molecule has 0 radical (unpaired) electrons. The minimum Gasteiger partial charge on any atom is -0.465 e. The lowest BCUT2D eigenvalue weighted by atomic mass is 9.92. The Hall–Kier alpha value is -1.84. The maximum absolute atomic E-state index is 11.6. The van der Waals surface area contributed by atoms with E-state index in [2.05, 4.69) is 6.92 Å². The molecule has 1 aromatic rings. The number of amides is 1. The molecule has 20 heavy (non-hydrogen) atoms. The van der Waals surface area contributed by atoms with E-state index in [9.17, 15) is 9.59 Å².